The fourth-order valence-corrected chi connectivity index (χ4v) is 1.62. The van der Waals surface area contributed by atoms with Gasteiger partial charge in [0.1, 0.15) is 0 Å². The molecule has 1 aromatic carbocycles. The van der Waals surface area contributed by atoms with Crippen LogP contribution in [0.5, 0.6) is 0 Å². The first-order chi connectivity index (χ1) is 6.98. The van der Waals surface area contributed by atoms with Crippen molar-refractivity contribution in [2.45, 2.75) is 5.16 Å². The summed E-state index contributed by atoms with van der Waals surface area (Å²) >= 11 is 0. The number of nitrogens with zero attached hydrogens (tertiary/aromatic N) is 1. The van der Waals surface area contributed by atoms with Gasteiger partial charge in [-0.25, -0.2) is 4.98 Å². The Kier molecular flexibility index (Phi) is 2.06. The lowest BCUT2D eigenvalue weighted by Gasteiger charge is -1.98. The highest BCUT2D eigenvalue weighted by Gasteiger charge is 2.14. The van der Waals surface area contributed by atoms with Gasteiger partial charge in [0.25, 0.3) is 10.7 Å². The van der Waals surface area contributed by atoms with Crippen LogP contribution in [0.15, 0.2) is 34.2 Å². The Morgan fingerprint density at radius 3 is 2.60 bits per heavy atom. The number of aromatic nitrogens is 2. The zero-order chi connectivity index (χ0) is 11.1. The van der Waals surface area contributed by atoms with Crippen molar-refractivity contribution in [1.82, 2.24) is 9.97 Å². The predicted octanol–water partition coefficient (Wildman–Crippen LogP) is 0.170. The molecule has 7 heteroatoms. The average Bonchev–Trinajstić information content (AvgIpc) is 2.16. The molecule has 0 bridgehead atoms. The third kappa shape index (κ3) is 1.74. The second-order valence-corrected chi connectivity index (χ2v) is 4.20. The minimum atomic E-state index is -4.48. The Labute approximate surface area is 84.3 Å². The number of aromatic amines is 1. The fraction of sp³-hybridized carbons (Fsp3) is 0. The highest BCUT2D eigenvalue weighted by atomic mass is 32.2. The lowest BCUT2D eigenvalue weighted by atomic mass is 10.2. The summed E-state index contributed by atoms with van der Waals surface area (Å²) < 4.78 is 30.2. The maximum atomic E-state index is 11.4. The molecule has 0 aliphatic heterocycles. The Morgan fingerprint density at radius 1 is 1.27 bits per heavy atom. The number of hydrogen-bond acceptors (Lipinski definition) is 4. The smallest absolute Gasteiger partial charge is 0.295 e. The van der Waals surface area contributed by atoms with Crippen LogP contribution in [0.4, 0.5) is 0 Å². The molecule has 6 nitrogen and oxygen atoms in total. The number of nitrogens with one attached hydrogen (secondary N) is 1. The molecule has 1 aromatic heterocycles. The maximum absolute atomic E-state index is 11.4. The van der Waals surface area contributed by atoms with Gasteiger partial charge < -0.3 is 0 Å². The number of fused-ring (bicyclic) bond motifs is 1. The molecule has 2 rings (SSSR count). The van der Waals surface area contributed by atoms with Crippen LogP contribution >= 0.6 is 0 Å². The van der Waals surface area contributed by atoms with Crippen molar-refractivity contribution < 1.29 is 13.0 Å². The topological polar surface area (TPSA) is 100 Å². The molecule has 0 atom stereocenters. The van der Waals surface area contributed by atoms with E-state index in [-0.39, 0.29) is 10.9 Å². The highest BCUT2D eigenvalue weighted by Crippen LogP contribution is 2.07. The molecule has 0 saturated carbocycles. The van der Waals surface area contributed by atoms with Crippen LogP contribution in [0.1, 0.15) is 0 Å². The molecule has 15 heavy (non-hydrogen) atoms. The van der Waals surface area contributed by atoms with Crippen LogP contribution in [0, 0.1) is 0 Å². The van der Waals surface area contributed by atoms with Gasteiger partial charge in [-0.2, -0.15) is 8.42 Å². The van der Waals surface area contributed by atoms with Gasteiger partial charge in [0, 0.05) is 0 Å². The molecule has 0 saturated heterocycles. The summed E-state index contributed by atoms with van der Waals surface area (Å²) in [6, 6.07) is 6.24. The van der Waals surface area contributed by atoms with E-state index >= 15 is 0 Å². The molecule has 0 aliphatic rings. The summed E-state index contributed by atoms with van der Waals surface area (Å²) in [4.78, 5) is 17.0. The molecule has 0 radical (unpaired) electrons. The van der Waals surface area contributed by atoms with Crippen LogP contribution < -0.4 is 5.56 Å². The van der Waals surface area contributed by atoms with Crippen molar-refractivity contribution in [1.29, 1.82) is 0 Å². The van der Waals surface area contributed by atoms with E-state index in [4.69, 9.17) is 4.55 Å². The first-order valence-electron chi connectivity index (χ1n) is 3.95. The Morgan fingerprint density at radius 2 is 1.93 bits per heavy atom. The molecule has 0 fully saturated rings. The van der Waals surface area contributed by atoms with Crippen molar-refractivity contribution in [3.63, 3.8) is 0 Å². The van der Waals surface area contributed by atoms with Gasteiger partial charge in [-0.1, -0.05) is 12.1 Å². The minimum absolute atomic E-state index is 0.217. The van der Waals surface area contributed by atoms with Gasteiger partial charge >= 0.3 is 10.1 Å². The van der Waals surface area contributed by atoms with Crippen LogP contribution in [-0.4, -0.2) is 22.9 Å². The normalized spacial score (nSPS) is 11.8. The summed E-state index contributed by atoms with van der Waals surface area (Å²) in [5.41, 5.74) is -0.387. The largest absolute Gasteiger partial charge is 0.328 e. The third-order valence-corrected chi connectivity index (χ3v) is 2.52. The van der Waals surface area contributed by atoms with E-state index in [9.17, 15) is 13.2 Å². The molecule has 0 amide bonds. The van der Waals surface area contributed by atoms with Crippen LogP contribution in [-0.2, 0) is 10.1 Å². The Balaban J connectivity index is 2.91. The number of para-hydroxylation sites is 1. The zero-order valence-electron chi connectivity index (χ0n) is 7.34. The average molecular weight is 226 g/mol. The Hall–Kier alpha value is -1.73. The van der Waals surface area contributed by atoms with Gasteiger partial charge in [-0.15, -0.1) is 0 Å². The second-order valence-electron chi connectivity index (χ2n) is 2.86. The standard InChI is InChI=1S/C8H6N2O4S/c11-7-5-3-1-2-4-6(5)9-8(10-7)15(12,13)14/h1-4H,(H,9,10,11)(H,12,13,14). The summed E-state index contributed by atoms with van der Waals surface area (Å²) in [6.45, 7) is 0. The van der Waals surface area contributed by atoms with E-state index in [2.05, 4.69) is 4.98 Å². The summed E-state index contributed by atoms with van der Waals surface area (Å²) in [7, 11) is -4.48. The summed E-state index contributed by atoms with van der Waals surface area (Å²) in [5.74, 6) is 0. The number of H-pyrrole nitrogens is 1. The van der Waals surface area contributed by atoms with Crippen LogP contribution in [0.2, 0.25) is 0 Å². The molecular formula is C8H6N2O4S. The quantitative estimate of drug-likeness (QED) is 0.533. The van der Waals surface area contributed by atoms with E-state index in [1.807, 2.05) is 4.98 Å². The van der Waals surface area contributed by atoms with Gasteiger partial charge in [0.2, 0.25) is 0 Å². The highest BCUT2D eigenvalue weighted by molar-refractivity contribution is 7.85. The van der Waals surface area contributed by atoms with E-state index in [0.29, 0.717) is 0 Å². The molecular weight excluding hydrogens is 220 g/mol. The van der Waals surface area contributed by atoms with E-state index in [1.165, 1.54) is 12.1 Å². The second kappa shape index (κ2) is 3.14. The lowest BCUT2D eigenvalue weighted by Crippen LogP contribution is -2.15. The lowest BCUT2D eigenvalue weighted by molar-refractivity contribution is 0.474. The van der Waals surface area contributed by atoms with E-state index in [1.54, 1.807) is 12.1 Å². The number of rotatable bonds is 1. The molecule has 0 aliphatic carbocycles. The minimum Gasteiger partial charge on any atom is -0.295 e. The van der Waals surface area contributed by atoms with Crippen molar-refractivity contribution >= 4 is 21.0 Å². The monoisotopic (exact) mass is 226 g/mol. The van der Waals surface area contributed by atoms with Crippen LogP contribution in [0.25, 0.3) is 10.9 Å². The maximum Gasteiger partial charge on any atom is 0.328 e. The molecule has 2 N–H and O–H groups in total. The molecule has 78 valence electrons. The van der Waals surface area contributed by atoms with E-state index in [0.717, 1.165) is 0 Å². The zero-order valence-corrected chi connectivity index (χ0v) is 8.15. The van der Waals surface area contributed by atoms with Gasteiger partial charge in [0.05, 0.1) is 10.9 Å². The van der Waals surface area contributed by atoms with Crippen molar-refractivity contribution in [3.8, 4) is 0 Å². The number of hydrogen-bond donors (Lipinski definition) is 2. The van der Waals surface area contributed by atoms with Gasteiger partial charge in [-0.3, -0.25) is 14.3 Å². The van der Waals surface area contributed by atoms with Crippen LogP contribution in [0.3, 0.4) is 0 Å². The van der Waals surface area contributed by atoms with E-state index < -0.39 is 20.8 Å². The van der Waals surface area contributed by atoms with Crippen molar-refractivity contribution in [2.24, 2.45) is 0 Å². The summed E-state index contributed by atoms with van der Waals surface area (Å²) in [5, 5.41) is -0.476. The molecule has 2 aromatic rings. The first-order valence-corrected chi connectivity index (χ1v) is 5.39. The molecule has 0 spiro atoms. The molecule has 0 unspecified atom stereocenters. The third-order valence-electron chi connectivity index (χ3n) is 1.84. The molecule has 1 heterocycles. The Bertz CT molecular complexity index is 674. The van der Waals surface area contributed by atoms with Crippen molar-refractivity contribution in [2.75, 3.05) is 0 Å². The fourth-order valence-electron chi connectivity index (χ4n) is 1.19. The first kappa shape index (κ1) is 9.81. The van der Waals surface area contributed by atoms with Gasteiger partial charge in [-0.05, 0) is 12.1 Å². The summed E-state index contributed by atoms with van der Waals surface area (Å²) in [6.07, 6.45) is 0. The van der Waals surface area contributed by atoms with Gasteiger partial charge in [0.15, 0.2) is 0 Å². The SMILES string of the molecule is O=c1[nH]c(S(=O)(=O)O)nc2ccccc12. The van der Waals surface area contributed by atoms with Crippen molar-refractivity contribution in [3.05, 3.63) is 34.6 Å². The number of benzene rings is 1. The predicted molar refractivity (Wildman–Crippen MR) is 52.2 cm³/mol.